The maximum Gasteiger partial charge on any atom is 0.217 e. The predicted molar refractivity (Wildman–Crippen MR) is 80.8 cm³/mol. The van der Waals surface area contributed by atoms with Crippen LogP contribution in [-0.2, 0) is 9.84 Å². The average molecular weight is 300 g/mol. The molecule has 0 fully saturated rings. The SMILES string of the molecule is CCCNC(CCCS(C)(=O)=O)c1cccnc1OC. The lowest BCUT2D eigenvalue weighted by atomic mass is 10.0. The van der Waals surface area contributed by atoms with E-state index in [0.717, 1.165) is 24.9 Å². The highest BCUT2D eigenvalue weighted by Gasteiger charge is 2.16. The van der Waals surface area contributed by atoms with E-state index in [0.29, 0.717) is 12.3 Å². The Bertz CT molecular complexity index is 503. The summed E-state index contributed by atoms with van der Waals surface area (Å²) in [6.07, 6.45) is 5.35. The molecular formula is C14H24N2O3S. The fourth-order valence-corrected chi connectivity index (χ4v) is 2.77. The molecule has 1 atom stereocenters. The highest BCUT2D eigenvalue weighted by molar-refractivity contribution is 7.90. The van der Waals surface area contributed by atoms with E-state index in [1.807, 2.05) is 12.1 Å². The Kier molecular flexibility index (Phi) is 6.95. The molecule has 0 bridgehead atoms. The summed E-state index contributed by atoms with van der Waals surface area (Å²) in [5.41, 5.74) is 0.983. The third-order valence-corrected chi connectivity index (χ3v) is 4.05. The molecule has 1 unspecified atom stereocenters. The molecule has 0 aliphatic heterocycles. The van der Waals surface area contributed by atoms with Crippen molar-refractivity contribution in [1.29, 1.82) is 0 Å². The summed E-state index contributed by atoms with van der Waals surface area (Å²) in [6.45, 7) is 2.97. The fourth-order valence-electron chi connectivity index (χ4n) is 2.07. The Morgan fingerprint density at radius 3 is 2.80 bits per heavy atom. The number of hydrogen-bond acceptors (Lipinski definition) is 5. The van der Waals surface area contributed by atoms with Crippen LogP contribution in [0, 0.1) is 0 Å². The molecule has 0 aliphatic carbocycles. The van der Waals surface area contributed by atoms with Gasteiger partial charge in [0.2, 0.25) is 5.88 Å². The number of nitrogens with one attached hydrogen (secondary N) is 1. The van der Waals surface area contributed by atoms with E-state index in [2.05, 4.69) is 17.2 Å². The second kappa shape index (κ2) is 8.21. The molecule has 0 amide bonds. The lowest BCUT2D eigenvalue weighted by Crippen LogP contribution is -2.23. The van der Waals surface area contributed by atoms with Gasteiger partial charge in [-0.05, 0) is 31.9 Å². The van der Waals surface area contributed by atoms with E-state index in [1.54, 1.807) is 13.3 Å². The number of aromatic nitrogens is 1. The summed E-state index contributed by atoms with van der Waals surface area (Å²) in [5.74, 6) is 0.806. The first-order valence-electron chi connectivity index (χ1n) is 6.88. The molecule has 0 spiro atoms. The third-order valence-electron chi connectivity index (χ3n) is 3.02. The Morgan fingerprint density at radius 1 is 1.45 bits per heavy atom. The van der Waals surface area contributed by atoms with Gasteiger partial charge in [0, 0.05) is 29.8 Å². The van der Waals surface area contributed by atoms with Gasteiger partial charge in [-0.15, -0.1) is 0 Å². The number of methoxy groups -OCH3 is 1. The van der Waals surface area contributed by atoms with Crippen molar-refractivity contribution in [1.82, 2.24) is 10.3 Å². The van der Waals surface area contributed by atoms with Gasteiger partial charge in [0.15, 0.2) is 0 Å². The van der Waals surface area contributed by atoms with Crippen molar-refractivity contribution < 1.29 is 13.2 Å². The lowest BCUT2D eigenvalue weighted by molar-refractivity contribution is 0.378. The smallest absolute Gasteiger partial charge is 0.217 e. The van der Waals surface area contributed by atoms with E-state index in [4.69, 9.17) is 4.74 Å². The van der Waals surface area contributed by atoms with Gasteiger partial charge in [-0.3, -0.25) is 0 Å². The number of nitrogens with zero attached hydrogens (tertiary/aromatic N) is 1. The van der Waals surface area contributed by atoms with E-state index >= 15 is 0 Å². The lowest BCUT2D eigenvalue weighted by Gasteiger charge is -2.20. The quantitative estimate of drug-likeness (QED) is 0.755. The van der Waals surface area contributed by atoms with Gasteiger partial charge in [-0.25, -0.2) is 13.4 Å². The van der Waals surface area contributed by atoms with E-state index < -0.39 is 9.84 Å². The van der Waals surface area contributed by atoms with Crippen LogP contribution in [0.2, 0.25) is 0 Å². The van der Waals surface area contributed by atoms with Crippen molar-refractivity contribution in [3.63, 3.8) is 0 Å². The highest BCUT2D eigenvalue weighted by atomic mass is 32.2. The molecule has 0 saturated heterocycles. The van der Waals surface area contributed by atoms with E-state index in [1.165, 1.54) is 6.26 Å². The molecule has 6 heteroatoms. The van der Waals surface area contributed by atoms with Crippen molar-refractivity contribution in [3.8, 4) is 5.88 Å². The van der Waals surface area contributed by atoms with E-state index in [-0.39, 0.29) is 11.8 Å². The number of sulfone groups is 1. The first-order valence-corrected chi connectivity index (χ1v) is 8.94. The van der Waals surface area contributed by atoms with Crippen LogP contribution in [0.1, 0.15) is 37.8 Å². The molecule has 114 valence electrons. The molecule has 1 aromatic rings. The second-order valence-corrected chi connectivity index (χ2v) is 7.14. The van der Waals surface area contributed by atoms with E-state index in [9.17, 15) is 8.42 Å². The van der Waals surface area contributed by atoms with Crippen LogP contribution < -0.4 is 10.1 Å². The summed E-state index contributed by atoms with van der Waals surface area (Å²) in [7, 11) is -1.32. The van der Waals surface area contributed by atoms with Gasteiger partial charge < -0.3 is 10.1 Å². The minimum Gasteiger partial charge on any atom is -0.481 e. The fraction of sp³-hybridized carbons (Fsp3) is 0.643. The topological polar surface area (TPSA) is 68.3 Å². The Labute approximate surface area is 121 Å². The monoisotopic (exact) mass is 300 g/mol. The van der Waals surface area contributed by atoms with Crippen LogP contribution in [-0.4, -0.2) is 39.1 Å². The van der Waals surface area contributed by atoms with Crippen molar-refractivity contribution in [2.24, 2.45) is 0 Å². The second-order valence-electron chi connectivity index (χ2n) is 4.88. The summed E-state index contributed by atoms with van der Waals surface area (Å²) >= 11 is 0. The maximum absolute atomic E-state index is 11.2. The van der Waals surface area contributed by atoms with Crippen molar-refractivity contribution in [3.05, 3.63) is 23.9 Å². The number of hydrogen-bond donors (Lipinski definition) is 1. The minimum atomic E-state index is -2.91. The zero-order valence-electron chi connectivity index (χ0n) is 12.4. The van der Waals surface area contributed by atoms with Crippen LogP contribution in [0.25, 0.3) is 0 Å². The van der Waals surface area contributed by atoms with Gasteiger partial charge >= 0.3 is 0 Å². The normalized spacial score (nSPS) is 13.2. The zero-order valence-corrected chi connectivity index (χ0v) is 13.2. The Hall–Kier alpha value is -1.14. The molecule has 0 radical (unpaired) electrons. The summed E-state index contributed by atoms with van der Waals surface area (Å²) in [4.78, 5) is 4.20. The summed E-state index contributed by atoms with van der Waals surface area (Å²) in [5, 5.41) is 3.43. The van der Waals surface area contributed by atoms with Crippen LogP contribution in [0.15, 0.2) is 18.3 Å². The third kappa shape index (κ3) is 5.88. The molecule has 5 nitrogen and oxygen atoms in total. The Morgan fingerprint density at radius 2 is 2.20 bits per heavy atom. The molecule has 20 heavy (non-hydrogen) atoms. The van der Waals surface area contributed by atoms with Crippen LogP contribution >= 0.6 is 0 Å². The number of ether oxygens (including phenoxy) is 1. The number of rotatable bonds is 9. The van der Waals surface area contributed by atoms with Gasteiger partial charge in [-0.2, -0.15) is 0 Å². The van der Waals surface area contributed by atoms with Crippen LogP contribution in [0.5, 0.6) is 5.88 Å². The molecule has 1 aromatic heterocycles. The maximum atomic E-state index is 11.2. The van der Waals surface area contributed by atoms with Gasteiger partial charge in [0.25, 0.3) is 0 Å². The van der Waals surface area contributed by atoms with Gasteiger partial charge in [0.1, 0.15) is 9.84 Å². The summed E-state index contributed by atoms with van der Waals surface area (Å²) < 4.78 is 27.7. The minimum absolute atomic E-state index is 0.0698. The molecule has 0 aromatic carbocycles. The highest BCUT2D eigenvalue weighted by Crippen LogP contribution is 2.26. The van der Waals surface area contributed by atoms with Crippen LogP contribution in [0.3, 0.4) is 0 Å². The van der Waals surface area contributed by atoms with Crippen molar-refractivity contribution in [2.45, 2.75) is 32.2 Å². The number of pyridine rings is 1. The van der Waals surface area contributed by atoms with Crippen molar-refractivity contribution >= 4 is 9.84 Å². The van der Waals surface area contributed by atoms with Crippen molar-refractivity contribution in [2.75, 3.05) is 25.7 Å². The molecule has 1 rings (SSSR count). The first kappa shape index (κ1) is 16.9. The predicted octanol–water partition coefficient (Wildman–Crippen LogP) is 1.96. The zero-order chi connectivity index (χ0) is 15.0. The van der Waals surface area contributed by atoms with Gasteiger partial charge in [-0.1, -0.05) is 13.0 Å². The summed E-state index contributed by atoms with van der Waals surface area (Å²) in [6, 6.07) is 3.91. The average Bonchev–Trinajstić information content (AvgIpc) is 2.41. The molecular weight excluding hydrogens is 276 g/mol. The molecule has 1 heterocycles. The molecule has 0 saturated carbocycles. The van der Waals surface area contributed by atoms with Crippen LogP contribution in [0.4, 0.5) is 0 Å². The molecule has 1 N–H and O–H groups in total. The largest absolute Gasteiger partial charge is 0.481 e. The molecule has 0 aliphatic rings. The Balaban J connectivity index is 2.77. The first-order chi connectivity index (χ1) is 9.48. The van der Waals surface area contributed by atoms with Gasteiger partial charge in [0.05, 0.1) is 7.11 Å². The standard InChI is InChI=1S/C14H24N2O3S/c1-4-9-15-13(8-6-11-20(3,17)18)12-7-5-10-16-14(12)19-2/h5,7,10,13,15H,4,6,8-9,11H2,1-3H3.